The molecule has 334 valence electrons. The van der Waals surface area contributed by atoms with Gasteiger partial charge in [0.25, 0.3) is 0 Å². The summed E-state index contributed by atoms with van der Waals surface area (Å²) in [4.78, 5) is 4.13. The van der Waals surface area contributed by atoms with Crippen LogP contribution in [0.2, 0.25) is 0 Å². The van der Waals surface area contributed by atoms with Gasteiger partial charge in [-0.15, -0.1) is 0 Å². The van der Waals surface area contributed by atoms with Gasteiger partial charge in [-0.25, -0.2) is 0 Å². The van der Waals surface area contributed by atoms with E-state index >= 15 is 0 Å². The zero-order valence-corrected chi connectivity index (χ0v) is 37.7. The first-order chi connectivity index (χ1) is 32.0. The van der Waals surface area contributed by atoms with Gasteiger partial charge in [-0.3, -0.25) is 0 Å². The molecule has 4 radical (unpaired) electrons. The summed E-state index contributed by atoms with van der Waals surface area (Å²) in [5, 5.41) is 4.30. The maximum atomic E-state index is 13.2. The second kappa shape index (κ2) is 24.3. The molecule has 0 aromatic heterocycles. The van der Waals surface area contributed by atoms with E-state index in [0.29, 0.717) is 5.92 Å². The standard InChI is InChI=1S/C28H24F3NO.C26H18F3NO.Al.B.HN/c1-3-19(2)20-11-13-22(14-12-20)32(26-10-6-8-21-7-4-5-9-25(21)26)23-15-17-24(18-16-23)33-28(31)27(29)30;1-2-18-10-12-20(13-11-18)30(24-9-5-7-19-6-3-4-8-23(19)24)21-14-16-22(17-15-21)31-26(29)25(27)28;;;/h4-19H,3H2,1-2H3;2-17H,1H2;;;1H. The number of rotatable bonds is 13. The normalized spacial score (nSPS) is 10.7. The van der Waals surface area contributed by atoms with Crippen LogP contribution in [-0.2, 0) is 0 Å². The average molecular weight is 918 g/mol. The molecule has 0 saturated carbocycles. The monoisotopic (exact) mass is 917 g/mol. The Labute approximate surface area is 396 Å². The first-order valence-corrected chi connectivity index (χ1v) is 21.3. The van der Waals surface area contributed by atoms with Gasteiger partial charge in [0.2, 0.25) is 0 Å². The van der Waals surface area contributed by atoms with Crippen LogP contribution < -0.4 is 19.3 Å². The number of ether oxygens (including phenoxy) is 2. The van der Waals surface area contributed by atoms with Gasteiger partial charge in [0.05, 0.1) is 11.4 Å². The Kier molecular flexibility index (Phi) is 18.4. The fourth-order valence-corrected chi connectivity index (χ4v) is 7.22. The summed E-state index contributed by atoms with van der Waals surface area (Å²) in [5.74, 6) is 0.434. The van der Waals surface area contributed by atoms with Crippen molar-refractivity contribution in [1.82, 2.24) is 0 Å². The van der Waals surface area contributed by atoms with Gasteiger partial charge in [-0.1, -0.05) is 124 Å². The summed E-state index contributed by atoms with van der Waals surface area (Å²) in [6.07, 6.45) is -2.16. The summed E-state index contributed by atoms with van der Waals surface area (Å²) in [6, 6.07) is 53.4. The minimum atomic E-state index is -2.50. The molecule has 0 bridgehead atoms. The van der Waals surface area contributed by atoms with Gasteiger partial charge in [0.1, 0.15) is 11.5 Å². The summed E-state index contributed by atoms with van der Waals surface area (Å²) < 4.78 is 90.6. The number of halogens is 6. The number of fused-ring (bicyclic) bond motifs is 2. The van der Waals surface area contributed by atoms with Crippen molar-refractivity contribution in [2.24, 2.45) is 0 Å². The van der Waals surface area contributed by atoms with Crippen LogP contribution in [0.25, 0.3) is 27.6 Å². The third-order valence-electron chi connectivity index (χ3n) is 10.6. The van der Waals surface area contributed by atoms with Crippen molar-refractivity contribution in [3.05, 3.63) is 224 Å². The molecule has 1 atom stereocenters. The van der Waals surface area contributed by atoms with Crippen LogP contribution >= 0.6 is 0 Å². The van der Waals surface area contributed by atoms with E-state index in [-0.39, 0.29) is 19.9 Å². The van der Waals surface area contributed by atoms with Crippen molar-refractivity contribution in [2.45, 2.75) is 26.2 Å². The Hall–Kier alpha value is -7.32. The Morgan fingerprint density at radius 2 is 0.866 bits per heavy atom. The van der Waals surface area contributed by atoms with E-state index in [1.807, 2.05) is 95.9 Å². The van der Waals surface area contributed by atoms with Crippen LogP contribution in [0.15, 0.2) is 213 Å². The van der Waals surface area contributed by atoms with E-state index in [4.69, 9.17) is 4.35 Å². The molecule has 8 rings (SSSR count). The van der Waals surface area contributed by atoms with Crippen LogP contribution in [0.4, 0.5) is 60.5 Å². The van der Waals surface area contributed by atoms with Crippen molar-refractivity contribution >= 4 is 86.3 Å². The molecule has 1 N–H and O–H groups in total. The molecule has 0 aliphatic heterocycles. The summed E-state index contributed by atoms with van der Waals surface area (Å²) >= 11 is 1.67. The van der Waals surface area contributed by atoms with Crippen LogP contribution in [0.5, 0.6) is 11.5 Å². The molecule has 5 nitrogen and oxygen atoms in total. The topological polar surface area (TPSA) is 48.8 Å². The van der Waals surface area contributed by atoms with Crippen LogP contribution in [0.1, 0.15) is 37.3 Å². The van der Waals surface area contributed by atoms with Crippen molar-refractivity contribution in [2.75, 3.05) is 9.80 Å². The summed E-state index contributed by atoms with van der Waals surface area (Å²) in [7, 11) is 0. The van der Waals surface area contributed by atoms with Crippen LogP contribution in [0, 0.1) is 4.35 Å². The van der Waals surface area contributed by atoms with Gasteiger partial charge < -0.3 is 19.3 Å². The summed E-state index contributed by atoms with van der Waals surface area (Å²) in [5.41, 5.74) is 7.57. The Morgan fingerprint density at radius 3 is 1.22 bits per heavy atom. The molecule has 1 unspecified atom stereocenters. The first kappa shape index (κ1) is 50.7. The van der Waals surface area contributed by atoms with E-state index in [1.54, 1.807) is 46.4 Å². The number of nitrogens with one attached hydrogen (secondary N) is 1. The van der Waals surface area contributed by atoms with E-state index in [0.717, 1.165) is 67.7 Å². The molecule has 0 spiro atoms. The van der Waals surface area contributed by atoms with Crippen LogP contribution in [0.3, 0.4) is 0 Å². The van der Waals surface area contributed by atoms with Crippen molar-refractivity contribution in [3.8, 4) is 11.5 Å². The Balaban J connectivity index is 0.000000239. The van der Waals surface area contributed by atoms with Crippen molar-refractivity contribution in [3.63, 3.8) is 0 Å². The fraction of sp³-hybridized carbons (Fsp3) is 0.0741. The van der Waals surface area contributed by atoms with E-state index in [2.05, 4.69) is 77.3 Å². The number of benzene rings is 8. The second-order valence-corrected chi connectivity index (χ2v) is 14.6. The molecule has 0 saturated heterocycles. The number of anilines is 6. The fourth-order valence-electron chi connectivity index (χ4n) is 7.22. The Morgan fingerprint density at radius 1 is 0.522 bits per heavy atom. The van der Waals surface area contributed by atoms with Crippen molar-refractivity contribution in [1.29, 1.82) is 4.35 Å². The maximum absolute atomic E-state index is 13.2. The van der Waals surface area contributed by atoms with Gasteiger partial charge in [-0.2, -0.15) is 26.3 Å². The average Bonchev–Trinajstić information content (AvgIpc) is 3.36. The van der Waals surface area contributed by atoms with Crippen molar-refractivity contribution < 1.29 is 35.8 Å². The van der Waals surface area contributed by atoms with Crippen LogP contribution in [-0.4, -0.2) is 24.5 Å². The Bertz CT molecular complexity index is 2940. The van der Waals surface area contributed by atoms with Gasteiger partial charge >= 0.3 is 44.6 Å². The molecule has 8 aromatic carbocycles. The second-order valence-electron chi connectivity index (χ2n) is 14.6. The number of nitrogens with zero attached hydrogens (tertiary/aromatic N) is 2. The van der Waals surface area contributed by atoms with Gasteiger partial charge in [0, 0.05) is 41.9 Å². The predicted molar refractivity (Wildman–Crippen MR) is 262 cm³/mol. The molecule has 0 heterocycles. The molecule has 0 aliphatic rings. The third-order valence-corrected chi connectivity index (χ3v) is 10.6. The molecule has 0 amide bonds. The zero-order chi connectivity index (χ0) is 47.2. The van der Waals surface area contributed by atoms with Gasteiger partial charge in [0.15, 0.2) is 0 Å². The van der Waals surface area contributed by atoms with E-state index < -0.39 is 24.2 Å². The molecule has 8 aromatic rings. The van der Waals surface area contributed by atoms with E-state index in [1.165, 1.54) is 29.8 Å². The zero-order valence-electron chi connectivity index (χ0n) is 36.5. The first-order valence-electron chi connectivity index (χ1n) is 20.7. The molecular formula is C54H43AlBF6N3O2. The quantitative estimate of drug-likeness (QED) is 0.0711. The molecule has 0 fully saturated rings. The molecule has 67 heavy (non-hydrogen) atoms. The summed E-state index contributed by atoms with van der Waals surface area (Å²) in [6.45, 7) is 8.16. The number of hydrogen-bond acceptors (Lipinski definition) is 5. The minimum absolute atomic E-state index is 0. The molecule has 0 aliphatic carbocycles. The SMILES string of the molecule is C=Cc1ccc(N(c2ccc(OC(F)=C(F)F)cc2)c2cccc3ccccc23)cc1.CCC(C)c1ccc(N(c2ccc(OC(F)=C(F)F)cc2)c2cccc3ccccc23)cc1.[B].[NH]=[Al]. The molecular weight excluding hydrogens is 874 g/mol. The number of hydrogen-bond donors (Lipinski definition) is 1. The third kappa shape index (κ3) is 12.5. The van der Waals surface area contributed by atoms with E-state index in [9.17, 15) is 26.3 Å². The molecule has 13 heteroatoms. The predicted octanol–water partition coefficient (Wildman–Crippen LogP) is 17.1. The van der Waals surface area contributed by atoms with Gasteiger partial charge in [-0.05, 0) is 119 Å².